The minimum atomic E-state index is 0.911. The van der Waals surface area contributed by atoms with Gasteiger partial charge in [0, 0.05) is 31.8 Å². The van der Waals surface area contributed by atoms with Crippen molar-refractivity contribution >= 4 is 50.8 Å². The number of fused-ring (bicyclic) bond motifs is 5. The van der Waals surface area contributed by atoms with Crippen molar-refractivity contribution in [3.05, 3.63) is 139 Å². The van der Waals surface area contributed by atoms with E-state index in [0.717, 1.165) is 33.1 Å². The Kier molecular flexibility index (Phi) is 5.54. The molecule has 1 aliphatic heterocycles. The minimum absolute atomic E-state index is 0.911. The van der Waals surface area contributed by atoms with E-state index in [-0.39, 0.29) is 0 Å². The van der Waals surface area contributed by atoms with E-state index >= 15 is 0 Å². The van der Waals surface area contributed by atoms with E-state index in [9.17, 15) is 0 Å². The fourth-order valence-corrected chi connectivity index (χ4v) is 7.09. The number of aryl methyl sites for hydroxylation is 2. The second-order valence-corrected chi connectivity index (χ2v) is 11.9. The SMILES string of the molecule is Cc1ccc(-c2cccc3c2oc2cc(-c4ccc5c(c4)Sc4cc(C)ccc4N5c4ccccc4)ccc23)cc1. The topological polar surface area (TPSA) is 16.4 Å². The van der Waals surface area contributed by atoms with Gasteiger partial charge in [-0.3, -0.25) is 0 Å². The fourth-order valence-electron chi connectivity index (χ4n) is 5.89. The molecular weight excluding hydrogens is 518 g/mol. The third kappa shape index (κ3) is 4.04. The summed E-state index contributed by atoms with van der Waals surface area (Å²) in [6.07, 6.45) is 0. The molecule has 0 fully saturated rings. The van der Waals surface area contributed by atoms with E-state index in [1.165, 1.54) is 49.1 Å². The molecule has 0 saturated carbocycles. The molecule has 0 bridgehead atoms. The summed E-state index contributed by atoms with van der Waals surface area (Å²) in [6, 6.07) is 45.9. The summed E-state index contributed by atoms with van der Waals surface area (Å²) in [7, 11) is 0. The maximum absolute atomic E-state index is 6.56. The molecule has 1 aliphatic rings. The van der Waals surface area contributed by atoms with Crippen LogP contribution in [0.15, 0.2) is 142 Å². The van der Waals surface area contributed by atoms with E-state index < -0.39 is 0 Å². The minimum Gasteiger partial charge on any atom is -0.455 e. The molecule has 0 unspecified atom stereocenters. The van der Waals surface area contributed by atoms with Crippen LogP contribution in [0.3, 0.4) is 0 Å². The smallest absolute Gasteiger partial charge is 0.143 e. The predicted octanol–water partition coefficient (Wildman–Crippen LogP) is 11.5. The molecule has 0 N–H and O–H groups in total. The van der Waals surface area contributed by atoms with E-state index in [2.05, 4.69) is 146 Å². The normalized spacial score (nSPS) is 12.5. The molecule has 2 heterocycles. The van der Waals surface area contributed by atoms with Gasteiger partial charge < -0.3 is 9.32 Å². The Balaban J connectivity index is 1.24. The Hall–Kier alpha value is -4.73. The first kappa shape index (κ1) is 24.1. The van der Waals surface area contributed by atoms with Gasteiger partial charge in [0.2, 0.25) is 0 Å². The van der Waals surface area contributed by atoms with Gasteiger partial charge in [-0.25, -0.2) is 0 Å². The van der Waals surface area contributed by atoms with E-state index in [1.54, 1.807) is 0 Å². The standard InChI is InChI=1S/C38H27NOS/c1-24-11-14-26(15-12-24)30-9-6-10-32-31-18-16-27(22-35(31)40-38(30)32)28-17-20-34-37(23-28)41-36-21-25(2)13-19-33(36)39(34)29-7-4-3-5-8-29/h3-23H,1-2H3. The van der Waals surface area contributed by atoms with Crippen molar-refractivity contribution in [1.82, 2.24) is 0 Å². The molecule has 7 aromatic rings. The molecule has 6 aromatic carbocycles. The van der Waals surface area contributed by atoms with Gasteiger partial charge in [0.15, 0.2) is 0 Å². The van der Waals surface area contributed by atoms with Gasteiger partial charge in [0.05, 0.1) is 11.4 Å². The number of para-hydroxylation sites is 2. The van der Waals surface area contributed by atoms with E-state index in [1.807, 2.05) is 11.8 Å². The van der Waals surface area contributed by atoms with Gasteiger partial charge in [0.1, 0.15) is 11.2 Å². The van der Waals surface area contributed by atoms with Crippen LogP contribution in [0.4, 0.5) is 17.1 Å². The summed E-state index contributed by atoms with van der Waals surface area (Å²) in [5.74, 6) is 0. The van der Waals surface area contributed by atoms with Gasteiger partial charge in [-0.15, -0.1) is 0 Å². The quantitative estimate of drug-likeness (QED) is 0.220. The lowest BCUT2D eigenvalue weighted by Gasteiger charge is -2.33. The van der Waals surface area contributed by atoms with E-state index in [0.29, 0.717) is 0 Å². The molecule has 0 amide bonds. The largest absolute Gasteiger partial charge is 0.455 e. The van der Waals surface area contributed by atoms with Crippen molar-refractivity contribution in [3.63, 3.8) is 0 Å². The summed E-state index contributed by atoms with van der Waals surface area (Å²) in [4.78, 5) is 4.89. The molecule has 1 aromatic heterocycles. The summed E-state index contributed by atoms with van der Waals surface area (Å²) in [5, 5.41) is 2.29. The zero-order valence-electron chi connectivity index (χ0n) is 22.9. The molecule has 0 radical (unpaired) electrons. The van der Waals surface area contributed by atoms with Crippen LogP contribution in [0.1, 0.15) is 11.1 Å². The predicted molar refractivity (Wildman–Crippen MR) is 173 cm³/mol. The van der Waals surface area contributed by atoms with Crippen LogP contribution >= 0.6 is 11.8 Å². The number of hydrogen-bond donors (Lipinski definition) is 0. The van der Waals surface area contributed by atoms with Crippen LogP contribution in [0.5, 0.6) is 0 Å². The molecule has 0 atom stereocenters. The van der Waals surface area contributed by atoms with Crippen molar-refractivity contribution in [2.24, 2.45) is 0 Å². The summed E-state index contributed by atoms with van der Waals surface area (Å²) < 4.78 is 6.56. The maximum Gasteiger partial charge on any atom is 0.143 e. The number of furan rings is 1. The Morgan fingerprint density at radius 1 is 0.537 bits per heavy atom. The Morgan fingerprint density at radius 2 is 1.22 bits per heavy atom. The van der Waals surface area contributed by atoms with Crippen LogP contribution in [0.25, 0.3) is 44.2 Å². The van der Waals surface area contributed by atoms with Crippen LogP contribution in [0, 0.1) is 13.8 Å². The third-order valence-electron chi connectivity index (χ3n) is 7.99. The highest BCUT2D eigenvalue weighted by Gasteiger charge is 2.25. The van der Waals surface area contributed by atoms with Crippen molar-refractivity contribution < 1.29 is 4.42 Å². The monoisotopic (exact) mass is 545 g/mol. The highest BCUT2D eigenvalue weighted by molar-refractivity contribution is 7.99. The average Bonchev–Trinajstić information content (AvgIpc) is 3.38. The number of benzene rings is 6. The Labute approximate surface area is 243 Å². The lowest BCUT2D eigenvalue weighted by Crippen LogP contribution is -2.14. The zero-order valence-corrected chi connectivity index (χ0v) is 23.7. The second-order valence-electron chi connectivity index (χ2n) is 10.8. The molecular formula is C38H27NOS. The number of hydrogen-bond acceptors (Lipinski definition) is 3. The number of anilines is 3. The zero-order chi connectivity index (χ0) is 27.5. The Morgan fingerprint density at radius 3 is 2.05 bits per heavy atom. The first-order valence-electron chi connectivity index (χ1n) is 13.9. The van der Waals surface area contributed by atoms with Crippen LogP contribution in [-0.2, 0) is 0 Å². The van der Waals surface area contributed by atoms with Crippen LogP contribution in [0.2, 0.25) is 0 Å². The maximum atomic E-state index is 6.56. The first-order valence-corrected chi connectivity index (χ1v) is 14.7. The van der Waals surface area contributed by atoms with Crippen molar-refractivity contribution in [1.29, 1.82) is 0 Å². The van der Waals surface area contributed by atoms with Crippen LogP contribution in [-0.4, -0.2) is 0 Å². The molecule has 8 rings (SSSR count). The molecule has 0 saturated heterocycles. The van der Waals surface area contributed by atoms with Gasteiger partial charge in [0.25, 0.3) is 0 Å². The average molecular weight is 546 g/mol. The third-order valence-corrected chi connectivity index (χ3v) is 9.08. The van der Waals surface area contributed by atoms with Crippen molar-refractivity contribution in [2.45, 2.75) is 23.6 Å². The molecule has 196 valence electrons. The number of rotatable bonds is 3. The molecule has 2 nitrogen and oxygen atoms in total. The first-order chi connectivity index (χ1) is 20.1. The molecule has 41 heavy (non-hydrogen) atoms. The van der Waals surface area contributed by atoms with E-state index in [4.69, 9.17) is 4.42 Å². The van der Waals surface area contributed by atoms with Gasteiger partial charge in [-0.2, -0.15) is 0 Å². The molecule has 0 aliphatic carbocycles. The van der Waals surface area contributed by atoms with Crippen molar-refractivity contribution in [3.8, 4) is 22.3 Å². The van der Waals surface area contributed by atoms with Gasteiger partial charge in [-0.1, -0.05) is 96.2 Å². The van der Waals surface area contributed by atoms with Gasteiger partial charge >= 0.3 is 0 Å². The number of nitrogens with zero attached hydrogens (tertiary/aromatic N) is 1. The fraction of sp³-hybridized carbons (Fsp3) is 0.0526. The second kappa shape index (κ2) is 9.43. The Bertz CT molecular complexity index is 2090. The lowest BCUT2D eigenvalue weighted by molar-refractivity contribution is 0.670. The highest BCUT2D eigenvalue weighted by atomic mass is 32.2. The molecule has 0 spiro atoms. The highest BCUT2D eigenvalue weighted by Crippen LogP contribution is 2.52. The lowest BCUT2D eigenvalue weighted by atomic mass is 10.00. The summed E-state index contributed by atoms with van der Waals surface area (Å²) >= 11 is 1.85. The van der Waals surface area contributed by atoms with Crippen LogP contribution < -0.4 is 4.90 Å². The molecule has 3 heteroatoms. The summed E-state index contributed by atoms with van der Waals surface area (Å²) in [6.45, 7) is 4.28. The van der Waals surface area contributed by atoms with Gasteiger partial charge in [-0.05, 0) is 84.6 Å². The van der Waals surface area contributed by atoms with Crippen molar-refractivity contribution in [2.75, 3.05) is 4.90 Å². The summed E-state index contributed by atoms with van der Waals surface area (Å²) in [5.41, 5.74) is 12.6.